The predicted molar refractivity (Wildman–Crippen MR) is 116 cm³/mol. The highest BCUT2D eigenvalue weighted by Gasteiger charge is 2.28. The van der Waals surface area contributed by atoms with Crippen LogP contribution in [0.3, 0.4) is 0 Å². The van der Waals surface area contributed by atoms with Gasteiger partial charge in [-0.25, -0.2) is 0 Å². The fourth-order valence-electron chi connectivity index (χ4n) is 6.01. The number of hydrogen-bond donors (Lipinski definition) is 1. The summed E-state index contributed by atoms with van der Waals surface area (Å²) in [5.74, 6) is 0.171. The van der Waals surface area contributed by atoms with Crippen LogP contribution in [0.4, 0.5) is 5.69 Å². The van der Waals surface area contributed by atoms with Crippen molar-refractivity contribution in [2.45, 2.75) is 83.1 Å². The van der Waals surface area contributed by atoms with Crippen molar-refractivity contribution in [2.75, 3.05) is 38.0 Å². The highest BCUT2D eigenvalue weighted by molar-refractivity contribution is 5.94. The van der Waals surface area contributed by atoms with Crippen molar-refractivity contribution >= 4 is 11.6 Å². The van der Waals surface area contributed by atoms with Gasteiger partial charge in [0.2, 0.25) is 5.91 Å². The summed E-state index contributed by atoms with van der Waals surface area (Å²) in [6.45, 7) is 4.83. The summed E-state index contributed by atoms with van der Waals surface area (Å²) in [7, 11) is 0. The Morgan fingerprint density at radius 1 is 0.828 bits per heavy atom. The van der Waals surface area contributed by atoms with Gasteiger partial charge in [-0.15, -0.1) is 0 Å². The Morgan fingerprint density at radius 2 is 1.48 bits per heavy atom. The third kappa shape index (κ3) is 4.22. The minimum atomic E-state index is 0.171. The van der Waals surface area contributed by atoms with Gasteiger partial charge in [-0.2, -0.15) is 0 Å². The van der Waals surface area contributed by atoms with E-state index in [1.54, 1.807) is 0 Å². The zero-order valence-corrected chi connectivity index (χ0v) is 17.8. The SMILES string of the molecule is O=C(CN1CCN(C2CCCCC2)CC1)Nc1c2c(nc3c1CCC3)CCCC2. The predicted octanol–water partition coefficient (Wildman–Crippen LogP) is 3.34. The number of carbonyl (C=O) groups excluding carboxylic acids is 1. The Kier molecular flexibility index (Phi) is 5.87. The minimum Gasteiger partial charge on any atom is -0.324 e. The number of hydrogen-bond acceptors (Lipinski definition) is 4. The van der Waals surface area contributed by atoms with E-state index in [1.807, 2.05) is 0 Å². The molecule has 0 atom stereocenters. The molecule has 5 nitrogen and oxygen atoms in total. The number of fused-ring (bicyclic) bond motifs is 2. The maximum absolute atomic E-state index is 13.0. The molecule has 5 heteroatoms. The number of anilines is 1. The summed E-state index contributed by atoms with van der Waals surface area (Å²) in [6, 6.07) is 0.797. The number of carbonyl (C=O) groups is 1. The van der Waals surface area contributed by atoms with E-state index in [-0.39, 0.29) is 5.91 Å². The second-order valence-corrected chi connectivity index (χ2v) is 9.55. The molecule has 2 fully saturated rings. The molecular weight excluding hydrogens is 360 g/mol. The van der Waals surface area contributed by atoms with Gasteiger partial charge in [-0.1, -0.05) is 19.3 Å². The second-order valence-electron chi connectivity index (χ2n) is 9.55. The van der Waals surface area contributed by atoms with Gasteiger partial charge in [0.1, 0.15) is 0 Å². The summed E-state index contributed by atoms with van der Waals surface area (Å²) < 4.78 is 0. The molecule has 0 aromatic carbocycles. The number of nitrogens with zero attached hydrogens (tertiary/aromatic N) is 3. The number of piperazine rings is 1. The maximum Gasteiger partial charge on any atom is 0.238 e. The molecule has 1 saturated heterocycles. The Labute approximate surface area is 175 Å². The molecule has 0 bridgehead atoms. The first-order chi connectivity index (χ1) is 14.3. The number of rotatable bonds is 4. The minimum absolute atomic E-state index is 0.171. The van der Waals surface area contributed by atoms with Crippen LogP contribution in [0.15, 0.2) is 0 Å². The van der Waals surface area contributed by atoms with Gasteiger partial charge >= 0.3 is 0 Å². The van der Waals surface area contributed by atoms with E-state index >= 15 is 0 Å². The first-order valence-electron chi connectivity index (χ1n) is 12.1. The van der Waals surface area contributed by atoms with Crippen LogP contribution in [0, 0.1) is 0 Å². The highest BCUT2D eigenvalue weighted by Crippen LogP contribution is 2.36. The fraction of sp³-hybridized carbons (Fsp3) is 0.750. The molecule has 2 heterocycles. The molecule has 4 aliphatic rings. The van der Waals surface area contributed by atoms with Crippen LogP contribution in [0.25, 0.3) is 0 Å². The van der Waals surface area contributed by atoms with Gasteiger partial charge in [-0.3, -0.25) is 19.6 Å². The molecule has 0 radical (unpaired) electrons. The molecule has 3 aliphatic carbocycles. The number of aryl methyl sites for hydroxylation is 2. The lowest BCUT2D eigenvalue weighted by Crippen LogP contribution is -2.52. The van der Waals surface area contributed by atoms with E-state index in [2.05, 4.69) is 15.1 Å². The van der Waals surface area contributed by atoms with E-state index < -0.39 is 0 Å². The highest BCUT2D eigenvalue weighted by atomic mass is 16.2. The largest absolute Gasteiger partial charge is 0.324 e. The average Bonchev–Trinajstić information content (AvgIpc) is 3.23. The Bertz CT molecular complexity index is 748. The molecule has 158 valence electrons. The van der Waals surface area contributed by atoms with Crippen LogP contribution in [0.2, 0.25) is 0 Å². The smallest absolute Gasteiger partial charge is 0.238 e. The Morgan fingerprint density at radius 3 is 2.24 bits per heavy atom. The van der Waals surface area contributed by atoms with E-state index in [0.717, 1.165) is 63.6 Å². The van der Waals surface area contributed by atoms with Crippen LogP contribution in [0.5, 0.6) is 0 Å². The summed E-state index contributed by atoms with van der Waals surface area (Å²) in [5, 5.41) is 3.36. The van der Waals surface area contributed by atoms with Crippen molar-refractivity contribution in [3.05, 3.63) is 22.5 Å². The van der Waals surface area contributed by atoms with Gasteiger partial charge in [0.25, 0.3) is 0 Å². The van der Waals surface area contributed by atoms with Crippen LogP contribution < -0.4 is 5.32 Å². The van der Waals surface area contributed by atoms with E-state index in [1.165, 1.54) is 73.9 Å². The Balaban J connectivity index is 1.20. The molecule has 1 amide bonds. The lowest BCUT2D eigenvalue weighted by Gasteiger charge is -2.40. The normalized spacial score (nSPS) is 23.6. The van der Waals surface area contributed by atoms with Crippen LogP contribution in [-0.4, -0.2) is 59.5 Å². The lowest BCUT2D eigenvalue weighted by molar-refractivity contribution is -0.117. The zero-order chi connectivity index (χ0) is 19.6. The van der Waals surface area contributed by atoms with Crippen molar-refractivity contribution in [2.24, 2.45) is 0 Å². The summed E-state index contributed by atoms with van der Waals surface area (Å²) in [5.41, 5.74) is 6.33. The van der Waals surface area contributed by atoms with Gasteiger partial charge in [0, 0.05) is 43.6 Å². The van der Waals surface area contributed by atoms with Gasteiger partial charge in [-0.05, 0) is 68.9 Å². The van der Waals surface area contributed by atoms with Crippen LogP contribution in [-0.2, 0) is 30.5 Å². The molecule has 1 aliphatic heterocycles. The third-order valence-corrected chi connectivity index (χ3v) is 7.63. The van der Waals surface area contributed by atoms with Crippen molar-refractivity contribution in [3.63, 3.8) is 0 Å². The summed E-state index contributed by atoms with van der Waals surface area (Å²) in [4.78, 5) is 23.0. The van der Waals surface area contributed by atoms with E-state index in [9.17, 15) is 4.79 Å². The first kappa shape index (κ1) is 19.5. The second kappa shape index (κ2) is 8.73. The zero-order valence-electron chi connectivity index (χ0n) is 17.8. The average molecular weight is 397 g/mol. The monoisotopic (exact) mass is 396 g/mol. The molecule has 0 unspecified atom stereocenters. The van der Waals surface area contributed by atoms with E-state index in [4.69, 9.17) is 4.98 Å². The van der Waals surface area contributed by atoms with Gasteiger partial charge < -0.3 is 5.32 Å². The van der Waals surface area contributed by atoms with Crippen molar-refractivity contribution in [3.8, 4) is 0 Å². The maximum atomic E-state index is 13.0. The van der Waals surface area contributed by atoms with Gasteiger partial charge in [0.05, 0.1) is 12.2 Å². The molecule has 1 N–H and O–H groups in total. The Hall–Kier alpha value is -1.46. The molecular formula is C24H36N4O. The topological polar surface area (TPSA) is 48.5 Å². The number of aromatic nitrogens is 1. The number of amides is 1. The molecule has 0 spiro atoms. The molecule has 29 heavy (non-hydrogen) atoms. The summed E-state index contributed by atoms with van der Waals surface area (Å²) in [6.07, 6.45) is 14.9. The van der Waals surface area contributed by atoms with Crippen molar-refractivity contribution in [1.82, 2.24) is 14.8 Å². The molecule has 1 saturated carbocycles. The van der Waals surface area contributed by atoms with E-state index in [0.29, 0.717) is 6.54 Å². The lowest BCUT2D eigenvalue weighted by atomic mass is 9.92. The molecule has 1 aromatic rings. The van der Waals surface area contributed by atoms with Crippen molar-refractivity contribution in [1.29, 1.82) is 0 Å². The first-order valence-corrected chi connectivity index (χ1v) is 12.1. The molecule has 1 aromatic heterocycles. The van der Waals surface area contributed by atoms with Crippen molar-refractivity contribution < 1.29 is 4.79 Å². The number of pyridine rings is 1. The third-order valence-electron chi connectivity index (χ3n) is 7.63. The molecule has 5 rings (SSSR count). The van der Waals surface area contributed by atoms with Gasteiger partial charge in [0.15, 0.2) is 0 Å². The summed E-state index contributed by atoms with van der Waals surface area (Å²) >= 11 is 0. The van der Waals surface area contributed by atoms with Crippen LogP contribution in [0.1, 0.15) is 73.9 Å². The van der Waals surface area contributed by atoms with Crippen LogP contribution >= 0.6 is 0 Å². The number of nitrogens with one attached hydrogen (secondary N) is 1. The fourth-order valence-corrected chi connectivity index (χ4v) is 6.01. The standard InChI is InChI=1S/C24H36N4O/c29-23(17-27-13-15-28(16-14-27)18-7-2-1-3-8-18)26-24-19-9-4-5-11-21(19)25-22-12-6-10-20(22)24/h18H,1-17H2,(H,25,26,29). The quantitative estimate of drug-likeness (QED) is 0.848.